The normalized spacial score (nSPS) is 12.4. The van der Waals surface area contributed by atoms with Gasteiger partial charge in [0, 0.05) is 6.07 Å². The van der Waals surface area contributed by atoms with Gasteiger partial charge in [-0.1, -0.05) is 11.6 Å². The van der Waals surface area contributed by atoms with Gasteiger partial charge in [-0.05, 0) is 33.8 Å². The highest BCUT2D eigenvalue weighted by molar-refractivity contribution is 5.76. The van der Waals surface area contributed by atoms with Gasteiger partial charge >= 0.3 is 6.09 Å². The van der Waals surface area contributed by atoms with Gasteiger partial charge < -0.3 is 14.8 Å². The molecular weight excluding hydrogens is 276 g/mol. The van der Waals surface area contributed by atoms with Crippen LogP contribution in [-0.4, -0.2) is 22.9 Å². The second-order valence-electron chi connectivity index (χ2n) is 5.58. The summed E-state index contributed by atoms with van der Waals surface area (Å²) in [6.45, 7) is 6.77. The lowest BCUT2D eigenvalue weighted by Gasteiger charge is -2.21. The third-order valence-electron chi connectivity index (χ3n) is 2.52. The molecule has 0 aromatic heterocycles. The van der Waals surface area contributed by atoms with E-state index in [9.17, 15) is 19.7 Å². The molecule has 0 heterocycles. The molecule has 1 amide bonds. The van der Waals surface area contributed by atoms with Crippen LogP contribution in [0.15, 0.2) is 18.2 Å². The molecule has 1 aromatic rings. The Kier molecular flexibility index (Phi) is 5.02. The Morgan fingerprint density at radius 3 is 2.52 bits per heavy atom. The number of aryl methyl sites for hydroxylation is 1. The number of alkyl carbamates (subject to hydrolysis) is 1. The number of carbonyl (C=O) groups is 2. The fraction of sp³-hybridized carbons (Fsp3) is 0.429. The number of nitro groups is 1. The van der Waals surface area contributed by atoms with Crippen molar-refractivity contribution in [2.75, 3.05) is 0 Å². The minimum Gasteiger partial charge on any atom is -0.444 e. The number of amides is 1. The molecule has 0 spiro atoms. The van der Waals surface area contributed by atoms with Gasteiger partial charge in [-0.2, -0.15) is 0 Å². The number of benzene rings is 1. The molecule has 1 unspecified atom stereocenters. The molecule has 0 saturated carbocycles. The van der Waals surface area contributed by atoms with Crippen molar-refractivity contribution in [2.45, 2.75) is 39.3 Å². The van der Waals surface area contributed by atoms with Gasteiger partial charge in [0.05, 0.1) is 10.5 Å². The minimum atomic E-state index is -1.14. The van der Waals surface area contributed by atoms with Crippen LogP contribution >= 0.6 is 0 Å². The molecule has 0 aliphatic carbocycles. The van der Waals surface area contributed by atoms with Gasteiger partial charge in [0.1, 0.15) is 17.9 Å². The Morgan fingerprint density at radius 1 is 1.43 bits per heavy atom. The Labute approximate surface area is 122 Å². The largest absolute Gasteiger partial charge is 0.444 e. The average molecular weight is 294 g/mol. The zero-order valence-electron chi connectivity index (χ0n) is 12.4. The lowest BCUT2D eigenvalue weighted by molar-refractivity contribution is -0.385. The van der Waals surface area contributed by atoms with Crippen molar-refractivity contribution in [3.05, 3.63) is 39.4 Å². The molecule has 0 aliphatic rings. The fourth-order valence-electron chi connectivity index (χ4n) is 1.71. The van der Waals surface area contributed by atoms with Crippen LogP contribution in [-0.2, 0) is 9.53 Å². The summed E-state index contributed by atoms with van der Waals surface area (Å²) >= 11 is 0. The van der Waals surface area contributed by atoms with Crippen molar-refractivity contribution in [2.24, 2.45) is 0 Å². The average Bonchev–Trinajstić information content (AvgIpc) is 2.33. The van der Waals surface area contributed by atoms with Gasteiger partial charge in [-0.3, -0.25) is 10.1 Å². The number of rotatable bonds is 4. The Morgan fingerprint density at radius 2 is 2.05 bits per heavy atom. The summed E-state index contributed by atoms with van der Waals surface area (Å²) in [5, 5.41) is 13.3. The van der Waals surface area contributed by atoms with E-state index in [2.05, 4.69) is 5.32 Å². The Balaban J connectivity index is 3.05. The predicted molar refractivity (Wildman–Crippen MR) is 76.0 cm³/mol. The van der Waals surface area contributed by atoms with E-state index in [0.29, 0.717) is 6.29 Å². The van der Waals surface area contributed by atoms with Crippen molar-refractivity contribution in [3.63, 3.8) is 0 Å². The number of nitrogens with one attached hydrogen (secondary N) is 1. The summed E-state index contributed by atoms with van der Waals surface area (Å²) in [6, 6.07) is 3.23. The molecule has 7 heteroatoms. The van der Waals surface area contributed by atoms with E-state index in [1.807, 2.05) is 0 Å². The van der Waals surface area contributed by atoms with E-state index in [1.54, 1.807) is 33.8 Å². The molecule has 1 atom stereocenters. The number of hydrogen-bond donors (Lipinski definition) is 1. The number of nitrogens with zero attached hydrogens (tertiary/aromatic N) is 1. The van der Waals surface area contributed by atoms with E-state index < -0.39 is 22.7 Å². The second kappa shape index (κ2) is 6.34. The first kappa shape index (κ1) is 16.6. The molecule has 0 radical (unpaired) electrons. The summed E-state index contributed by atoms with van der Waals surface area (Å²) in [7, 11) is 0. The first-order chi connectivity index (χ1) is 9.64. The lowest BCUT2D eigenvalue weighted by Crippen LogP contribution is -2.35. The number of carbonyl (C=O) groups excluding carboxylic acids is 2. The van der Waals surface area contributed by atoms with Crippen LogP contribution in [0.1, 0.15) is 37.9 Å². The maximum atomic E-state index is 11.7. The summed E-state index contributed by atoms with van der Waals surface area (Å²) < 4.78 is 5.04. The van der Waals surface area contributed by atoms with Crippen molar-refractivity contribution >= 4 is 18.1 Å². The van der Waals surface area contributed by atoms with Crippen LogP contribution in [0, 0.1) is 17.0 Å². The van der Waals surface area contributed by atoms with E-state index in [4.69, 9.17) is 4.74 Å². The topological polar surface area (TPSA) is 98.5 Å². The summed E-state index contributed by atoms with van der Waals surface area (Å²) in [5.74, 6) is 0. The highest BCUT2D eigenvalue weighted by Crippen LogP contribution is 2.25. The van der Waals surface area contributed by atoms with E-state index >= 15 is 0 Å². The first-order valence-corrected chi connectivity index (χ1v) is 6.34. The maximum Gasteiger partial charge on any atom is 0.408 e. The molecule has 0 bridgehead atoms. The summed E-state index contributed by atoms with van der Waals surface area (Å²) in [6.07, 6.45) is -0.374. The highest BCUT2D eigenvalue weighted by Gasteiger charge is 2.25. The molecule has 7 nitrogen and oxygen atoms in total. The molecule has 21 heavy (non-hydrogen) atoms. The quantitative estimate of drug-likeness (QED) is 0.523. The first-order valence-electron chi connectivity index (χ1n) is 6.34. The van der Waals surface area contributed by atoms with Crippen LogP contribution in [0.4, 0.5) is 10.5 Å². The van der Waals surface area contributed by atoms with Crippen LogP contribution in [0.5, 0.6) is 0 Å². The predicted octanol–water partition coefficient (Wildman–Crippen LogP) is 2.67. The molecule has 1 aromatic carbocycles. The summed E-state index contributed by atoms with van der Waals surface area (Å²) in [5.41, 5.74) is -0.0844. The molecule has 114 valence electrons. The van der Waals surface area contributed by atoms with Crippen molar-refractivity contribution in [1.82, 2.24) is 5.32 Å². The standard InChI is InChI=1S/C14H18N2O5/c1-9-5-6-12(16(19)20)10(7-9)11(8-17)15-13(18)21-14(2,3)4/h5-8,11H,1-4H3,(H,15,18). The summed E-state index contributed by atoms with van der Waals surface area (Å²) in [4.78, 5) is 33.3. The number of hydrogen-bond acceptors (Lipinski definition) is 5. The van der Waals surface area contributed by atoms with Crippen LogP contribution in [0.25, 0.3) is 0 Å². The Bertz CT molecular complexity index is 563. The monoisotopic (exact) mass is 294 g/mol. The van der Waals surface area contributed by atoms with Gasteiger partial charge in [-0.25, -0.2) is 4.79 Å². The van der Waals surface area contributed by atoms with E-state index in [0.717, 1.165) is 5.56 Å². The van der Waals surface area contributed by atoms with Crippen molar-refractivity contribution in [1.29, 1.82) is 0 Å². The van der Waals surface area contributed by atoms with Gasteiger partial charge in [-0.15, -0.1) is 0 Å². The van der Waals surface area contributed by atoms with Gasteiger partial charge in [0.2, 0.25) is 0 Å². The third-order valence-corrected chi connectivity index (χ3v) is 2.52. The molecular formula is C14H18N2O5. The van der Waals surface area contributed by atoms with Gasteiger partial charge in [0.25, 0.3) is 5.69 Å². The van der Waals surface area contributed by atoms with Gasteiger partial charge in [0.15, 0.2) is 0 Å². The molecule has 0 fully saturated rings. The number of ether oxygens (including phenoxy) is 1. The van der Waals surface area contributed by atoms with Crippen LogP contribution in [0.3, 0.4) is 0 Å². The molecule has 1 rings (SSSR count). The van der Waals surface area contributed by atoms with Crippen molar-refractivity contribution < 1.29 is 19.2 Å². The lowest BCUT2D eigenvalue weighted by atomic mass is 10.0. The molecule has 0 aliphatic heterocycles. The number of aldehydes is 1. The zero-order chi connectivity index (χ0) is 16.2. The second-order valence-corrected chi connectivity index (χ2v) is 5.58. The highest BCUT2D eigenvalue weighted by atomic mass is 16.6. The third kappa shape index (κ3) is 4.87. The van der Waals surface area contributed by atoms with E-state index in [1.165, 1.54) is 12.1 Å². The zero-order valence-corrected chi connectivity index (χ0v) is 12.4. The minimum absolute atomic E-state index is 0.126. The Hall–Kier alpha value is -2.44. The fourth-order valence-corrected chi connectivity index (χ4v) is 1.71. The molecule has 1 N–H and O–H groups in total. The van der Waals surface area contributed by atoms with Crippen molar-refractivity contribution in [3.8, 4) is 0 Å². The van der Waals surface area contributed by atoms with Crippen LogP contribution < -0.4 is 5.32 Å². The SMILES string of the molecule is Cc1ccc([N+](=O)[O-])c(C(C=O)NC(=O)OC(C)(C)C)c1. The maximum absolute atomic E-state index is 11.7. The smallest absolute Gasteiger partial charge is 0.408 e. The van der Waals surface area contributed by atoms with Crippen LogP contribution in [0.2, 0.25) is 0 Å². The number of nitro benzene ring substituents is 1. The van der Waals surface area contributed by atoms with E-state index in [-0.39, 0.29) is 11.3 Å². The molecule has 0 saturated heterocycles.